The van der Waals surface area contributed by atoms with Crippen molar-refractivity contribution < 1.29 is 14.3 Å². The summed E-state index contributed by atoms with van der Waals surface area (Å²) >= 11 is 5.99. The molecule has 0 saturated heterocycles. The summed E-state index contributed by atoms with van der Waals surface area (Å²) in [7, 11) is 1.27. The molecule has 7 heteroatoms. The van der Waals surface area contributed by atoms with Gasteiger partial charge in [0.2, 0.25) is 5.91 Å². The molecule has 18 heavy (non-hydrogen) atoms. The van der Waals surface area contributed by atoms with E-state index in [2.05, 4.69) is 15.2 Å². The first-order valence-electron chi connectivity index (χ1n) is 5.48. The van der Waals surface area contributed by atoms with E-state index in [0.29, 0.717) is 11.6 Å². The molecular weight excluding hydrogens is 258 g/mol. The fraction of sp³-hybridized carbons (Fsp3) is 0.545. The van der Waals surface area contributed by atoms with Crippen LogP contribution in [0.25, 0.3) is 0 Å². The summed E-state index contributed by atoms with van der Waals surface area (Å²) in [5.41, 5.74) is 1.57. The van der Waals surface area contributed by atoms with Crippen LogP contribution in [0.5, 0.6) is 0 Å². The van der Waals surface area contributed by atoms with Gasteiger partial charge in [-0.15, -0.1) is 0 Å². The lowest BCUT2D eigenvalue weighted by Crippen LogP contribution is -2.30. The monoisotopic (exact) mass is 273 g/mol. The van der Waals surface area contributed by atoms with Gasteiger partial charge in [-0.25, -0.2) is 0 Å². The lowest BCUT2D eigenvalue weighted by molar-refractivity contribution is -0.141. The molecule has 1 rings (SSSR count). The summed E-state index contributed by atoms with van der Waals surface area (Å²) in [4.78, 5) is 22.3. The smallest absolute Gasteiger partial charge is 0.325 e. The first kappa shape index (κ1) is 14.5. The molecule has 1 N–H and O–H groups in total. The number of ether oxygens (including phenoxy) is 1. The molecule has 0 fully saturated rings. The number of amides is 1. The number of nitrogens with one attached hydrogen (secondary N) is 1. The van der Waals surface area contributed by atoms with Crippen molar-refractivity contribution >= 4 is 23.5 Å². The number of nitrogens with zero attached hydrogens (tertiary/aromatic N) is 2. The van der Waals surface area contributed by atoms with Crippen LogP contribution in [-0.2, 0) is 20.9 Å². The van der Waals surface area contributed by atoms with E-state index >= 15 is 0 Å². The molecule has 0 bridgehead atoms. The molecule has 1 heterocycles. The zero-order chi connectivity index (χ0) is 13.7. The van der Waals surface area contributed by atoms with Crippen molar-refractivity contribution in [3.05, 3.63) is 16.4 Å². The number of esters is 1. The number of carbonyl (C=O) groups is 2. The van der Waals surface area contributed by atoms with Crippen molar-refractivity contribution in [3.8, 4) is 0 Å². The van der Waals surface area contributed by atoms with Crippen LogP contribution in [0.15, 0.2) is 0 Å². The molecule has 100 valence electrons. The molecule has 0 aliphatic rings. The third kappa shape index (κ3) is 3.73. The number of methoxy groups -OCH3 is 1. The van der Waals surface area contributed by atoms with E-state index in [1.165, 1.54) is 7.11 Å². The minimum atomic E-state index is -0.475. The van der Waals surface area contributed by atoms with Crippen LogP contribution in [-0.4, -0.2) is 35.3 Å². The summed E-state index contributed by atoms with van der Waals surface area (Å²) in [6, 6.07) is 0. The summed E-state index contributed by atoms with van der Waals surface area (Å²) in [5.74, 6) is -0.707. The van der Waals surface area contributed by atoms with Crippen LogP contribution >= 0.6 is 11.6 Å². The number of hydrogen-bond acceptors (Lipinski definition) is 4. The van der Waals surface area contributed by atoms with Crippen molar-refractivity contribution in [1.82, 2.24) is 15.1 Å². The molecule has 1 aromatic rings. The molecule has 0 aliphatic carbocycles. The Hall–Kier alpha value is -1.56. The van der Waals surface area contributed by atoms with Crippen LogP contribution in [0.1, 0.15) is 17.8 Å². The molecule has 0 atom stereocenters. The Kier molecular flexibility index (Phi) is 5.15. The van der Waals surface area contributed by atoms with E-state index in [4.69, 9.17) is 11.6 Å². The Morgan fingerprint density at radius 1 is 1.44 bits per heavy atom. The van der Waals surface area contributed by atoms with Gasteiger partial charge in [-0.1, -0.05) is 11.6 Å². The van der Waals surface area contributed by atoms with Crippen LogP contribution in [0.2, 0.25) is 5.02 Å². The molecule has 0 aliphatic heterocycles. The van der Waals surface area contributed by atoms with E-state index in [-0.39, 0.29) is 18.9 Å². The minimum Gasteiger partial charge on any atom is -0.468 e. The Morgan fingerprint density at radius 2 is 2.11 bits per heavy atom. The number of rotatable bonds is 5. The quantitative estimate of drug-likeness (QED) is 0.807. The van der Waals surface area contributed by atoms with E-state index in [9.17, 15) is 9.59 Å². The second kappa shape index (κ2) is 6.39. The van der Waals surface area contributed by atoms with Gasteiger partial charge in [0.1, 0.15) is 6.54 Å². The van der Waals surface area contributed by atoms with Crippen LogP contribution in [0.3, 0.4) is 0 Å². The molecule has 1 aromatic heterocycles. The molecule has 6 nitrogen and oxygen atoms in total. The summed E-state index contributed by atoms with van der Waals surface area (Å²) in [6.45, 7) is 3.96. The zero-order valence-corrected chi connectivity index (χ0v) is 11.4. The summed E-state index contributed by atoms with van der Waals surface area (Å²) < 4.78 is 6.09. The molecular formula is C11H16ClN3O3. The maximum atomic E-state index is 11.4. The van der Waals surface area contributed by atoms with Gasteiger partial charge < -0.3 is 10.1 Å². The second-order valence-corrected chi connectivity index (χ2v) is 4.19. The third-order valence-electron chi connectivity index (χ3n) is 2.50. The van der Waals surface area contributed by atoms with Crippen molar-refractivity contribution in [1.29, 1.82) is 0 Å². The summed E-state index contributed by atoms with van der Waals surface area (Å²) in [6.07, 6.45) is 0.231. The van der Waals surface area contributed by atoms with Crippen LogP contribution < -0.4 is 5.32 Å². The van der Waals surface area contributed by atoms with Gasteiger partial charge in [-0.05, 0) is 13.8 Å². The fourth-order valence-electron chi connectivity index (χ4n) is 1.43. The Morgan fingerprint density at radius 3 is 2.61 bits per heavy atom. The van der Waals surface area contributed by atoms with E-state index < -0.39 is 5.97 Å². The average molecular weight is 274 g/mol. The lowest BCUT2D eigenvalue weighted by atomic mass is 10.3. The maximum absolute atomic E-state index is 11.4. The first-order chi connectivity index (χ1) is 8.45. The molecule has 0 unspecified atom stereocenters. The minimum absolute atomic E-state index is 0.118. The highest BCUT2D eigenvalue weighted by Crippen LogP contribution is 2.18. The maximum Gasteiger partial charge on any atom is 0.325 e. The topological polar surface area (TPSA) is 73.2 Å². The van der Waals surface area contributed by atoms with E-state index in [1.54, 1.807) is 4.68 Å². The Labute approximate surface area is 110 Å². The van der Waals surface area contributed by atoms with Crippen molar-refractivity contribution in [2.75, 3.05) is 13.7 Å². The predicted octanol–water partition coefficient (Wildman–Crippen LogP) is 0.833. The Balaban J connectivity index is 2.43. The normalized spacial score (nSPS) is 10.2. The van der Waals surface area contributed by atoms with Crippen LogP contribution in [0, 0.1) is 13.8 Å². The molecule has 0 spiro atoms. The van der Waals surface area contributed by atoms with Gasteiger partial charge in [0.05, 0.1) is 30.1 Å². The Bertz CT molecular complexity index is 457. The molecule has 1 amide bonds. The van der Waals surface area contributed by atoms with Crippen LogP contribution in [0.4, 0.5) is 0 Å². The largest absolute Gasteiger partial charge is 0.468 e. The van der Waals surface area contributed by atoms with Crippen molar-refractivity contribution in [2.24, 2.45) is 0 Å². The third-order valence-corrected chi connectivity index (χ3v) is 3.05. The highest BCUT2D eigenvalue weighted by atomic mass is 35.5. The molecule has 0 aromatic carbocycles. The second-order valence-electron chi connectivity index (χ2n) is 3.81. The van der Waals surface area contributed by atoms with Gasteiger partial charge in [0, 0.05) is 6.42 Å². The molecule has 0 saturated carbocycles. The van der Waals surface area contributed by atoms with Crippen molar-refractivity contribution in [2.45, 2.75) is 26.8 Å². The highest BCUT2D eigenvalue weighted by Gasteiger charge is 2.11. The van der Waals surface area contributed by atoms with Crippen molar-refractivity contribution in [3.63, 3.8) is 0 Å². The highest BCUT2D eigenvalue weighted by molar-refractivity contribution is 6.31. The standard InChI is InChI=1S/C11H16ClN3O3/c1-7-11(12)8(2)15(14-7)5-4-9(16)13-6-10(17)18-3/h4-6H2,1-3H3,(H,13,16). The zero-order valence-electron chi connectivity index (χ0n) is 10.6. The lowest BCUT2D eigenvalue weighted by Gasteiger charge is -2.05. The first-order valence-corrected chi connectivity index (χ1v) is 5.86. The fourth-order valence-corrected chi connectivity index (χ4v) is 1.57. The van der Waals surface area contributed by atoms with Gasteiger partial charge in [0.25, 0.3) is 0 Å². The van der Waals surface area contributed by atoms with Gasteiger partial charge in [0.15, 0.2) is 0 Å². The number of carbonyl (C=O) groups excluding carboxylic acids is 2. The average Bonchev–Trinajstić information content (AvgIpc) is 2.60. The van der Waals surface area contributed by atoms with E-state index in [1.807, 2.05) is 13.8 Å². The molecule has 0 radical (unpaired) electrons. The summed E-state index contributed by atoms with van der Waals surface area (Å²) in [5, 5.41) is 7.28. The van der Waals surface area contributed by atoms with E-state index in [0.717, 1.165) is 11.4 Å². The van der Waals surface area contributed by atoms with Gasteiger partial charge in [-0.2, -0.15) is 5.10 Å². The van der Waals surface area contributed by atoms with Gasteiger partial charge >= 0.3 is 5.97 Å². The van der Waals surface area contributed by atoms with Gasteiger partial charge in [-0.3, -0.25) is 14.3 Å². The SMILES string of the molecule is COC(=O)CNC(=O)CCn1nc(C)c(Cl)c1C. The number of hydrogen-bond donors (Lipinski definition) is 1. The number of aryl methyl sites for hydroxylation is 2. The number of halogens is 1. The number of aromatic nitrogens is 2. The predicted molar refractivity (Wildman–Crippen MR) is 66.4 cm³/mol.